The molecule has 3 rings (SSSR count). The molecule has 0 amide bonds. The number of ether oxygens (including phenoxy) is 1. The topological polar surface area (TPSA) is 38.5 Å². The van der Waals surface area contributed by atoms with Crippen molar-refractivity contribution in [2.24, 2.45) is 5.73 Å². The highest BCUT2D eigenvalue weighted by atomic mass is 79.9. The predicted molar refractivity (Wildman–Crippen MR) is 89.6 cm³/mol. The maximum absolute atomic E-state index is 6.43. The number of hydrogen-bond acceptors (Lipinski definition) is 3. The molecule has 2 fully saturated rings. The average molecular weight is 374 g/mol. The van der Waals surface area contributed by atoms with Crippen LogP contribution in [0.15, 0.2) is 22.7 Å². The molecule has 5 heteroatoms. The van der Waals surface area contributed by atoms with Crippen LogP contribution < -0.4 is 5.73 Å². The molecule has 0 bridgehead atoms. The standard InChI is InChI=1S/C16H22BrClN2O/c17-11-5-6-13(18)12(9-11)15(10-19)20-7-8-21-16-4-2-1-3-14(16)20/h5-6,9,14-16H,1-4,7-8,10,19H2. The molecular formula is C16H22BrClN2O. The van der Waals surface area contributed by atoms with E-state index in [-0.39, 0.29) is 6.04 Å². The summed E-state index contributed by atoms with van der Waals surface area (Å²) in [6.07, 6.45) is 5.30. The molecular weight excluding hydrogens is 352 g/mol. The third-order valence-corrected chi connectivity index (χ3v) is 5.55. The van der Waals surface area contributed by atoms with Crippen LogP contribution in [-0.2, 0) is 4.74 Å². The van der Waals surface area contributed by atoms with Gasteiger partial charge in [-0.3, -0.25) is 4.90 Å². The smallest absolute Gasteiger partial charge is 0.0731 e. The highest BCUT2D eigenvalue weighted by molar-refractivity contribution is 9.10. The molecule has 1 saturated heterocycles. The van der Waals surface area contributed by atoms with Crippen LogP contribution in [0, 0.1) is 0 Å². The molecule has 3 atom stereocenters. The molecule has 3 nitrogen and oxygen atoms in total. The number of morpholine rings is 1. The van der Waals surface area contributed by atoms with E-state index in [1.54, 1.807) is 0 Å². The highest BCUT2D eigenvalue weighted by Gasteiger charge is 2.38. The van der Waals surface area contributed by atoms with E-state index in [1.165, 1.54) is 25.7 Å². The molecule has 2 aliphatic rings. The van der Waals surface area contributed by atoms with Crippen LogP contribution in [0.4, 0.5) is 0 Å². The Morgan fingerprint density at radius 1 is 1.38 bits per heavy atom. The van der Waals surface area contributed by atoms with Gasteiger partial charge in [0.2, 0.25) is 0 Å². The van der Waals surface area contributed by atoms with E-state index in [9.17, 15) is 0 Å². The lowest BCUT2D eigenvalue weighted by Crippen LogP contribution is -2.54. The van der Waals surface area contributed by atoms with Crippen LogP contribution >= 0.6 is 27.5 Å². The van der Waals surface area contributed by atoms with Crippen molar-refractivity contribution >= 4 is 27.5 Å². The minimum atomic E-state index is 0.171. The molecule has 1 aliphatic carbocycles. The second-order valence-electron chi connectivity index (χ2n) is 5.92. The van der Waals surface area contributed by atoms with Crippen molar-refractivity contribution in [1.29, 1.82) is 0 Å². The third-order valence-electron chi connectivity index (χ3n) is 4.72. The third kappa shape index (κ3) is 3.30. The Bertz CT molecular complexity index is 497. The Labute approximate surface area is 139 Å². The SMILES string of the molecule is NCC(c1cc(Br)ccc1Cl)N1CCOC2CCCCC21. The fourth-order valence-electron chi connectivity index (χ4n) is 3.72. The van der Waals surface area contributed by atoms with Crippen molar-refractivity contribution in [1.82, 2.24) is 4.90 Å². The molecule has 116 valence electrons. The first-order valence-corrected chi connectivity index (χ1v) is 8.90. The summed E-state index contributed by atoms with van der Waals surface area (Å²) < 4.78 is 7.02. The van der Waals surface area contributed by atoms with Gasteiger partial charge < -0.3 is 10.5 Å². The lowest BCUT2D eigenvalue weighted by molar-refractivity contribution is -0.102. The second-order valence-corrected chi connectivity index (χ2v) is 7.24. The van der Waals surface area contributed by atoms with Crippen LogP contribution in [0.2, 0.25) is 5.02 Å². The number of hydrogen-bond donors (Lipinski definition) is 1. The zero-order valence-corrected chi connectivity index (χ0v) is 14.4. The van der Waals surface area contributed by atoms with E-state index in [2.05, 4.69) is 26.9 Å². The first-order chi connectivity index (χ1) is 10.2. The highest BCUT2D eigenvalue weighted by Crippen LogP contribution is 2.36. The van der Waals surface area contributed by atoms with Crippen molar-refractivity contribution in [3.05, 3.63) is 33.3 Å². The van der Waals surface area contributed by atoms with Gasteiger partial charge in [0.1, 0.15) is 0 Å². The maximum Gasteiger partial charge on any atom is 0.0731 e. The minimum absolute atomic E-state index is 0.171. The predicted octanol–water partition coefficient (Wildman–Crippen LogP) is 3.75. The number of fused-ring (bicyclic) bond motifs is 1. The molecule has 21 heavy (non-hydrogen) atoms. The molecule has 1 saturated carbocycles. The van der Waals surface area contributed by atoms with Gasteiger partial charge in [0, 0.05) is 34.7 Å². The lowest BCUT2D eigenvalue weighted by Gasteiger charge is -2.47. The van der Waals surface area contributed by atoms with Gasteiger partial charge in [0.15, 0.2) is 0 Å². The number of nitrogens with zero attached hydrogens (tertiary/aromatic N) is 1. The van der Waals surface area contributed by atoms with Gasteiger partial charge in [-0.1, -0.05) is 40.4 Å². The minimum Gasteiger partial charge on any atom is -0.375 e. The van der Waals surface area contributed by atoms with Gasteiger partial charge in [-0.05, 0) is 36.6 Å². The number of benzene rings is 1. The van der Waals surface area contributed by atoms with Crippen LogP contribution in [-0.4, -0.2) is 36.7 Å². The van der Waals surface area contributed by atoms with E-state index in [4.69, 9.17) is 22.1 Å². The monoisotopic (exact) mass is 372 g/mol. The van der Waals surface area contributed by atoms with Crippen molar-refractivity contribution in [3.8, 4) is 0 Å². The van der Waals surface area contributed by atoms with E-state index in [1.807, 2.05) is 12.1 Å². The van der Waals surface area contributed by atoms with Crippen molar-refractivity contribution in [2.75, 3.05) is 19.7 Å². The van der Waals surface area contributed by atoms with Gasteiger partial charge in [-0.25, -0.2) is 0 Å². The quantitative estimate of drug-likeness (QED) is 0.877. The van der Waals surface area contributed by atoms with Gasteiger partial charge in [-0.2, -0.15) is 0 Å². The number of nitrogens with two attached hydrogens (primary N) is 1. The van der Waals surface area contributed by atoms with Crippen molar-refractivity contribution in [3.63, 3.8) is 0 Å². The molecule has 0 spiro atoms. The molecule has 1 aliphatic heterocycles. The molecule has 1 aromatic rings. The average Bonchev–Trinajstić information content (AvgIpc) is 2.51. The number of halogens is 2. The summed E-state index contributed by atoms with van der Waals surface area (Å²) >= 11 is 9.97. The lowest BCUT2D eigenvalue weighted by atomic mass is 9.88. The zero-order valence-electron chi connectivity index (χ0n) is 12.1. The van der Waals surface area contributed by atoms with E-state index < -0.39 is 0 Å². The molecule has 3 unspecified atom stereocenters. The van der Waals surface area contributed by atoms with Crippen molar-refractivity contribution in [2.45, 2.75) is 43.9 Å². The molecule has 0 aromatic heterocycles. The van der Waals surface area contributed by atoms with E-state index in [0.717, 1.165) is 28.2 Å². The summed E-state index contributed by atoms with van der Waals surface area (Å²) in [5.41, 5.74) is 7.24. The van der Waals surface area contributed by atoms with Crippen LogP contribution in [0.5, 0.6) is 0 Å². The Balaban J connectivity index is 1.89. The summed E-state index contributed by atoms with van der Waals surface area (Å²) in [5.74, 6) is 0. The molecule has 2 N–H and O–H groups in total. The summed E-state index contributed by atoms with van der Waals surface area (Å²) in [6, 6.07) is 6.68. The molecule has 0 radical (unpaired) electrons. The van der Waals surface area contributed by atoms with Crippen LogP contribution in [0.1, 0.15) is 37.3 Å². The second kappa shape index (κ2) is 6.97. The molecule has 1 aromatic carbocycles. The maximum atomic E-state index is 6.43. The Morgan fingerprint density at radius 3 is 3.00 bits per heavy atom. The first kappa shape index (κ1) is 15.8. The fraction of sp³-hybridized carbons (Fsp3) is 0.625. The van der Waals surface area contributed by atoms with Gasteiger partial charge in [0.05, 0.1) is 12.7 Å². The van der Waals surface area contributed by atoms with Gasteiger partial charge >= 0.3 is 0 Å². The Morgan fingerprint density at radius 2 is 2.19 bits per heavy atom. The van der Waals surface area contributed by atoms with Crippen molar-refractivity contribution < 1.29 is 4.74 Å². The Hall–Kier alpha value is -0.130. The van der Waals surface area contributed by atoms with Gasteiger partial charge in [0.25, 0.3) is 0 Å². The fourth-order valence-corrected chi connectivity index (χ4v) is 4.35. The molecule has 1 heterocycles. The van der Waals surface area contributed by atoms with Crippen LogP contribution in [0.25, 0.3) is 0 Å². The normalized spacial score (nSPS) is 28.1. The summed E-state index contributed by atoms with van der Waals surface area (Å²) in [5, 5.41) is 0.799. The summed E-state index contributed by atoms with van der Waals surface area (Å²) in [6.45, 7) is 2.31. The Kier molecular flexibility index (Phi) is 5.23. The summed E-state index contributed by atoms with van der Waals surface area (Å²) in [4.78, 5) is 2.53. The number of rotatable bonds is 3. The summed E-state index contributed by atoms with van der Waals surface area (Å²) in [7, 11) is 0. The van der Waals surface area contributed by atoms with E-state index >= 15 is 0 Å². The first-order valence-electron chi connectivity index (χ1n) is 7.73. The van der Waals surface area contributed by atoms with Crippen LogP contribution in [0.3, 0.4) is 0 Å². The zero-order chi connectivity index (χ0) is 14.8. The largest absolute Gasteiger partial charge is 0.375 e. The van der Waals surface area contributed by atoms with E-state index in [0.29, 0.717) is 18.7 Å². The van der Waals surface area contributed by atoms with Gasteiger partial charge in [-0.15, -0.1) is 0 Å².